The number of anilines is 1. The molecule has 0 saturated heterocycles. The molecule has 1 unspecified atom stereocenters. The van der Waals surface area contributed by atoms with Crippen LogP contribution in [-0.2, 0) is 16.0 Å². The van der Waals surface area contributed by atoms with Crippen LogP contribution in [0.25, 0.3) is 5.57 Å². The quantitative estimate of drug-likeness (QED) is 0.758. The highest BCUT2D eigenvalue weighted by Crippen LogP contribution is 2.27. The molecule has 5 nitrogen and oxygen atoms in total. The number of nitrogens with one attached hydrogen (secondary N) is 1. The van der Waals surface area contributed by atoms with Crippen molar-refractivity contribution in [3.63, 3.8) is 0 Å². The third kappa shape index (κ3) is 3.77. The Bertz CT molecular complexity index is 593. The lowest BCUT2D eigenvalue weighted by atomic mass is 9.90. The van der Waals surface area contributed by atoms with Crippen LogP contribution in [0, 0.1) is 0 Å². The number of ketones is 1. The van der Waals surface area contributed by atoms with E-state index in [9.17, 15) is 9.59 Å². The Morgan fingerprint density at radius 2 is 2.19 bits per heavy atom. The molecule has 5 heteroatoms. The van der Waals surface area contributed by atoms with Crippen LogP contribution in [0.5, 0.6) is 0 Å². The van der Waals surface area contributed by atoms with Crippen LogP contribution in [0.15, 0.2) is 24.3 Å². The van der Waals surface area contributed by atoms with Gasteiger partial charge in [0.2, 0.25) is 5.91 Å². The maximum absolute atomic E-state index is 12.0. The van der Waals surface area contributed by atoms with E-state index < -0.39 is 6.04 Å². The van der Waals surface area contributed by atoms with Gasteiger partial charge in [0.15, 0.2) is 5.78 Å². The largest absolute Gasteiger partial charge is 0.330 e. The minimum atomic E-state index is -0.562. The van der Waals surface area contributed by atoms with Crippen molar-refractivity contribution in [1.82, 2.24) is 0 Å². The summed E-state index contributed by atoms with van der Waals surface area (Å²) >= 11 is 0. The minimum Gasteiger partial charge on any atom is -0.330 e. The number of fused-ring (bicyclic) bond motifs is 1. The van der Waals surface area contributed by atoms with Gasteiger partial charge in [0, 0.05) is 12.1 Å². The lowest BCUT2D eigenvalue weighted by Crippen LogP contribution is -2.36. The molecule has 0 saturated carbocycles. The van der Waals surface area contributed by atoms with E-state index in [2.05, 4.69) is 5.32 Å². The summed E-state index contributed by atoms with van der Waals surface area (Å²) in [6, 6.07) is 5.04. The number of nitrogens with two attached hydrogens (primary N) is 2. The summed E-state index contributed by atoms with van der Waals surface area (Å²) in [6.45, 7) is 2.43. The summed E-state index contributed by atoms with van der Waals surface area (Å²) in [5.41, 5.74) is 14.8. The molecular weight excluding hydrogens is 266 g/mol. The first-order chi connectivity index (χ1) is 10.0. The second kappa shape index (κ2) is 6.65. The predicted octanol–water partition coefficient (Wildman–Crippen LogP) is 1.22. The van der Waals surface area contributed by atoms with Crippen molar-refractivity contribution in [2.45, 2.75) is 32.2 Å². The molecule has 1 aromatic rings. The van der Waals surface area contributed by atoms with Gasteiger partial charge in [0.05, 0.1) is 6.04 Å². The number of amides is 1. The highest BCUT2D eigenvalue weighted by atomic mass is 16.2. The molecule has 112 valence electrons. The van der Waals surface area contributed by atoms with E-state index >= 15 is 0 Å². The first kappa shape index (κ1) is 15.4. The molecule has 1 amide bonds. The normalized spacial score (nSPS) is 15.2. The number of carbonyl (C=O) groups excluding carboxylic acids is 2. The highest BCUT2D eigenvalue weighted by molar-refractivity contribution is 6.02. The summed E-state index contributed by atoms with van der Waals surface area (Å²) in [7, 11) is 0. The van der Waals surface area contributed by atoms with E-state index in [1.807, 2.05) is 25.1 Å². The monoisotopic (exact) mass is 287 g/mol. The van der Waals surface area contributed by atoms with E-state index in [4.69, 9.17) is 11.5 Å². The van der Waals surface area contributed by atoms with Crippen LogP contribution in [0.1, 0.15) is 30.9 Å². The SMILES string of the molecule is CC1=CC(=O)Cc2cc(NC(=O)C(N)CCCN)ccc21. The molecule has 0 fully saturated rings. The summed E-state index contributed by atoms with van der Waals surface area (Å²) < 4.78 is 0. The lowest BCUT2D eigenvalue weighted by Gasteiger charge is -2.17. The molecule has 1 atom stereocenters. The van der Waals surface area contributed by atoms with Gasteiger partial charge in [-0.1, -0.05) is 6.07 Å². The predicted molar refractivity (Wildman–Crippen MR) is 83.7 cm³/mol. The zero-order valence-corrected chi connectivity index (χ0v) is 12.2. The van der Waals surface area contributed by atoms with E-state index in [0.717, 1.165) is 23.1 Å². The Balaban J connectivity index is 2.09. The molecule has 0 aliphatic heterocycles. The van der Waals surface area contributed by atoms with Crippen molar-refractivity contribution in [2.24, 2.45) is 11.5 Å². The molecule has 1 aromatic carbocycles. The van der Waals surface area contributed by atoms with Gasteiger partial charge in [-0.05, 0) is 61.2 Å². The number of rotatable bonds is 5. The van der Waals surface area contributed by atoms with Crippen molar-refractivity contribution >= 4 is 23.0 Å². The fraction of sp³-hybridized carbons (Fsp3) is 0.375. The zero-order valence-electron chi connectivity index (χ0n) is 12.2. The molecule has 1 aliphatic carbocycles. The molecule has 2 rings (SSSR count). The Morgan fingerprint density at radius 3 is 2.90 bits per heavy atom. The van der Waals surface area contributed by atoms with Crippen LogP contribution in [-0.4, -0.2) is 24.3 Å². The number of hydrogen-bond acceptors (Lipinski definition) is 4. The van der Waals surface area contributed by atoms with Crippen LogP contribution in [0.2, 0.25) is 0 Å². The van der Waals surface area contributed by atoms with E-state index in [0.29, 0.717) is 25.1 Å². The average molecular weight is 287 g/mol. The Labute approximate surface area is 124 Å². The van der Waals surface area contributed by atoms with Crippen LogP contribution >= 0.6 is 0 Å². The van der Waals surface area contributed by atoms with E-state index in [1.165, 1.54) is 0 Å². The summed E-state index contributed by atoms with van der Waals surface area (Å²) in [5.74, 6) is -0.138. The van der Waals surface area contributed by atoms with Gasteiger partial charge in [0.1, 0.15) is 0 Å². The van der Waals surface area contributed by atoms with Gasteiger partial charge >= 0.3 is 0 Å². The first-order valence-corrected chi connectivity index (χ1v) is 7.12. The van der Waals surface area contributed by atoms with Gasteiger partial charge in [-0.2, -0.15) is 0 Å². The third-order valence-electron chi connectivity index (χ3n) is 3.60. The van der Waals surface area contributed by atoms with Gasteiger partial charge in [0.25, 0.3) is 0 Å². The fourth-order valence-electron chi connectivity index (χ4n) is 2.46. The smallest absolute Gasteiger partial charge is 0.241 e. The van der Waals surface area contributed by atoms with Crippen molar-refractivity contribution in [3.8, 4) is 0 Å². The average Bonchev–Trinajstić information content (AvgIpc) is 2.44. The molecule has 5 N–H and O–H groups in total. The molecule has 0 aromatic heterocycles. The first-order valence-electron chi connectivity index (χ1n) is 7.12. The van der Waals surface area contributed by atoms with Gasteiger partial charge in [-0.3, -0.25) is 9.59 Å². The standard InChI is InChI=1S/C16H21N3O2/c1-10-7-13(20)9-11-8-12(4-5-14(10)11)19-16(21)15(18)3-2-6-17/h4-5,7-8,15H,2-3,6,9,17-18H2,1H3,(H,19,21). The minimum absolute atomic E-state index is 0.0862. The Morgan fingerprint density at radius 1 is 1.43 bits per heavy atom. The maximum atomic E-state index is 12.0. The summed E-state index contributed by atoms with van der Waals surface area (Å²) in [5, 5.41) is 2.79. The van der Waals surface area contributed by atoms with Gasteiger partial charge < -0.3 is 16.8 Å². The number of carbonyl (C=O) groups is 2. The number of allylic oxidation sites excluding steroid dienone is 2. The maximum Gasteiger partial charge on any atom is 0.241 e. The van der Waals surface area contributed by atoms with Gasteiger partial charge in [-0.15, -0.1) is 0 Å². The molecule has 0 spiro atoms. The second-order valence-electron chi connectivity index (χ2n) is 5.37. The van der Waals surface area contributed by atoms with E-state index in [-0.39, 0.29) is 11.7 Å². The number of benzene rings is 1. The molecule has 0 bridgehead atoms. The van der Waals surface area contributed by atoms with Crippen molar-refractivity contribution in [2.75, 3.05) is 11.9 Å². The Kier molecular flexibility index (Phi) is 4.88. The topological polar surface area (TPSA) is 98.2 Å². The van der Waals surface area contributed by atoms with Crippen LogP contribution < -0.4 is 16.8 Å². The van der Waals surface area contributed by atoms with Crippen molar-refractivity contribution in [1.29, 1.82) is 0 Å². The number of hydrogen-bond donors (Lipinski definition) is 3. The van der Waals surface area contributed by atoms with Gasteiger partial charge in [-0.25, -0.2) is 0 Å². The lowest BCUT2D eigenvalue weighted by molar-refractivity contribution is -0.117. The summed E-state index contributed by atoms with van der Waals surface area (Å²) in [4.78, 5) is 23.6. The van der Waals surface area contributed by atoms with Crippen LogP contribution in [0.4, 0.5) is 5.69 Å². The zero-order chi connectivity index (χ0) is 15.4. The Hall–Kier alpha value is -1.98. The molecule has 0 radical (unpaired) electrons. The highest BCUT2D eigenvalue weighted by Gasteiger charge is 2.17. The van der Waals surface area contributed by atoms with Crippen molar-refractivity contribution < 1.29 is 9.59 Å². The molecule has 1 aliphatic rings. The second-order valence-corrected chi connectivity index (χ2v) is 5.37. The van der Waals surface area contributed by atoms with Crippen LogP contribution in [0.3, 0.4) is 0 Å². The van der Waals surface area contributed by atoms with Crippen molar-refractivity contribution in [3.05, 3.63) is 35.4 Å². The van der Waals surface area contributed by atoms with E-state index in [1.54, 1.807) is 6.08 Å². The summed E-state index contributed by atoms with van der Waals surface area (Å²) in [6.07, 6.45) is 3.31. The molecular formula is C16H21N3O2. The third-order valence-corrected chi connectivity index (χ3v) is 3.60. The molecule has 21 heavy (non-hydrogen) atoms. The molecule has 0 heterocycles. The fourth-order valence-corrected chi connectivity index (χ4v) is 2.46.